The lowest BCUT2D eigenvalue weighted by Gasteiger charge is -2.25. The summed E-state index contributed by atoms with van der Waals surface area (Å²) in [5, 5.41) is 0. The van der Waals surface area contributed by atoms with Crippen LogP contribution < -0.4 is 14.2 Å². The molecule has 6 heteroatoms. The maximum Gasteiger partial charge on any atom is 0.314 e. The highest BCUT2D eigenvalue weighted by atomic mass is 16.5. The van der Waals surface area contributed by atoms with Crippen molar-refractivity contribution in [1.82, 2.24) is 0 Å². The first-order chi connectivity index (χ1) is 21.6. The molecule has 6 nitrogen and oxygen atoms in total. The number of rotatable bonds is 6. The predicted molar refractivity (Wildman–Crippen MR) is 166 cm³/mol. The van der Waals surface area contributed by atoms with E-state index >= 15 is 0 Å². The van der Waals surface area contributed by atoms with E-state index in [1.807, 2.05) is 66.7 Å². The number of hydrogen-bond acceptors (Lipinski definition) is 6. The third-order valence-electron chi connectivity index (χ3n) is 7.21. The molecule has 0 radical (unpaired) electrons. The molecule has 0 spiro atoms. The van der Waals surface area contributed by atoms with Crippen molar-refractivity contribution in [2.45, 2.75) is 25.7 Å². The zero-order chi connectivity index (χ0) is 30.6. The Hall–Kier alpha value is -5.81. The van der Waals surface area contributed by atoms with E-state index in [2.05, 4.69) is 23.9 Å². The van der Waals surface area contributed by atoms with Crippen molar-refractivity contribution in [3.63, 3.8) is 0 Å². The van der Waals surface area contributed by atoms with Crippen LogP contribution in [0.15, 0.2) is 109 Å². The fourth-order valence-corrected chi connectivity index (χ4v) is 4.81. The second-order valence-corrected chi connectivity index (χ2v) is 10.2. The zero-order valence-corrected chi connectivity index (χ0v) is 23.8. The van der Waals surface area contributed by atoms with E-state index in [-0.39, 0.29) is 23.8 Å². The van der Waals surface area contributed by atoms with Gasteiger partial charge in [0.2, 0.25) is 0 Å². The normalized spacial score (nSPS) is 15.2. The average molecular weight is 581 g/mol. The van der Waals surface area contributed by atoms with Gasteiger partial charge in [-0.05, 0) is 103 Å². The molecule has 0 N–H and O–H groups in total. The van der Waals surface area contributed by atoms with Crippen LogP contribution in [-0.4, -0.2) is 17.9 Å². The molecule has 0 atom stereocenters. The van der Waals surface area contributed by atoms with E-state index in [0.717, 1.165) is 28.3 Å². The molecule has 4 aromatic rings. The lowest BCUT2D eigenvalue weighted by molar-refractivity contribution is -0.145. The first-order valence-electron chi connectivity index (χ1n) is 14.2. The average Bonchev–Trinajstić information content (AvgIpc) is 3.07. The zero-order valence-electron chi connectivity index (χ0n) is 23.8. The first kappa shape index (κ1) is 29.7. The topological polar surface area (TPSA) is 78.9 Å². The molecule has 1 fully saturated rings. The minimum atomic E-state index is -0.288. The Morgan fingerprint density at radius 2 is 1.05 bits per heavy atom. The van der Waals surface area contributed by atoms with Crippen molar-refractivity contribution in [2.75, 3.05) is 0 Å². The molecule has 1 aliphatic carbocycles. The fraction of sp³-hybridized carbons (Fsp3) is 0.158. The summed E-state index contributed by atoms with van der Waals surface area (Å²) in [5.74, 6) is 10.6. The first-order valence-corrected chi connectivity index (χ1v) is 14.2. The molecule has 5 rings (SSSR count). The van der Waals surface area contributed by atoms with Crippen LogP contribution in [0.5, 0.6) is 17.2 Å². The molecule has 0 saturated heterocycles. The lowest BCUT2D eigenvalue weighted by Crippen LogP contribution is -2.30. The maximum absolute atomic E-state index is 12.8. The van der Waals surface area contributed by atoms with E-state index in [4.69, 9.17) is 14.2 Å². The van der Waals surface area contributed by atoms with E-state index in [0.29, 0.717) is 42.9 Å². The molecule has 216 valence electrons. The van der Waals surface area contributed by atoms with E-state index in [1.165, 1.54) is 0 Å². The van der Waals surface area contributed by atoms with Crippen LogP contribution in [0.3, 0.4) is 0 Å². The van der Waals surface area contributed by atoms with Crippen LogP contribution in [0.4, 0.5) is 0 Å². The highest BCUT2D eigenvalue weighted by Gasteiger charge is 2.32. The Balaban J connectivity index is 1.07. The third-order valence-corrected chi connectivity index (χ3v) is 7.21. The highest BCUT2D eigenvalue weighted by Crippen LogP contribution is 2.32. The summed E-state index contributed by atoms with van der Waals surface area (Å²) < 4.78 is 16.5. The molecule has 0 heterocycles. The quantitative estimate of drug-likeness (QED) is 0.108. The molecule has 0 amide bonds. The van der Waals surface area contributed by atoms with Crippen LogP contribution >= 0.6 is 0 Å². The third kappa shape index (κ3) is 8.37. The summed E-state index contributed by atoms with van der Waals surface area (Å²) >= 11 is 0. The largest absolute Gasteiger partial charge is 0.426 e. The number of benzene rings is 4. The maximum atomic E-state index is 12.8. The Morgan fingerprint density at radius 1 is 0.591 bits per heavy atom. The highest BCUT2D eigenvalue weighted by molar-refractivity contribution is 5.78. The second kappa shape index (κ2) is 14.9. The Morgan fingerprint density at radius 3 is 1.55 bits per heavy atom. The van der Waals surface area contributed by atoms with E-state index in [1.54, 1.807) is 42.3 Å². The van der Waals surface area contributed by atoms with Gasteiger partial charge < -0.3 is 14.2 Å². The van der Waals surface area contributed by atoms with E-state index < -0.39 is 0 Å². The molecule has 0 aliphatic heterocycles. The summed E-state index contributed by atoms with van der Waals surface area (Å²) in [6.45, 7) is 0. The van der Waals surface area contributed by atoms with Gasteiger partial charge in [0.25, 0.3) is 0 Å². The Kier molecular flexibility index (Phi) is 10.0. The summed E-state index contributed by atoms with van der Waals surface area (Å²) in [6.07, 6.45) is 5.70. The van der Waals surface area contributed by atoms with Gasteiger partial charge in [-0.2, -0.15) is 0 Å². The summed E-state index contributed by atoms with van der Waals surface area (Å²) in [6, 6.07) is 31.5. The van der Waals surface area contributed by atoms with Gasteiger partial charge >= 0.3 is 11.9 Å². The van der Waals surface area contributed by atoms with Crippen molar-refractivity contribution in [3.8, 4) is 52.2 Å². The number of carbonyl (C=O) groups is 2. The molecule has 1 aliphatic rings. The molecular weight excluding hydrogens is 552 g/mol. The lowest BCUT2D eigenvalue weighted by atomic mass is 9.82. The molecule has 1 saturated carbocycles. The second-order valence-electron chi connectivity index (χ2n) is 10.2. The van der Waals surface area contributed by atoms with Gasteiger partial charge in [0, 0.05) is 11.1 Å². The number of esters is 2. The summed E-state index contributed by atoms with van der Waals surface area (Å²) in [7, 11) is 0. The number of ether oxygens (including phenoxy) is 3. The van der Waals surface area contributed by atoms with Gasteiger partial charge in [0.05, 0.1) is 17.9 Å². The SMILES string of the molecule is O=C=CC#COc1ccc(-c2ccc(OC(=O)C3CCC(C(=O)Oc4ccc(C#Cc5ccccc5)cc4)CC3)cc2)cc1. The minimum absolute atomic E-state index is 0.257. The number of carbonyl (C=O) groups excluding carboxylic acids is 3. The van der Waals surface area contributed by atoms with Crippen LogP contribution in [-0.2, 0) is 14.4 Å². The van der Waals surface area contributed by atoms with Crippen molar-refractivity contribution in [1.29, 1.82) is 0 Å². The summed E-state index contributed by atoms with van der Waals surface area (Å²) in [4.78, 5) is 35.7. The van der Waals surface area contributed by atoms with Gasteiger partial charge in [0.15, 0.2) is 0 Å². The smallest absolute Gasteiger partial charge is 0.314 e. The van der Waals surface area contributed by atoms with Gasteiger partial charge in [-0.3, -0.25) is 9.59 Å². The Bertz CT molecular complexity index is 1750. The van der Waals surface area contributed by atoms with Gasteiger partial charge in [-0.15, -0.1) is 0 Å². The van der Waals surface area contributed by atoms with Gasteiger partial charge in [-0.25, -0.2) is 4.79 Å². The summed E-state index contributed by atoms with van der Waals surface area (Å²) in [5.41, 5.74) is 3.66. The molecular formula is C38H28O6. The minimum Gasteiger partial charge on any atom is -0.426 e. The van der Waals surface area contributed by atoms with Crippen molar-refractivity contribution < 1.29 is 28.6 Å². The molecule has 0 bridgehead atoms. The Labute approximate surface area is 256 Å². The molecule has 44 heavy (non-hydrogen) atoms. The standard InChI is InChI=1S/C38H28O6/c39-26-4-5-27-42-34-22-16-30(17-23-34)31-18-24-36(25-19-31)44-38(41)33-14-12-32(13-15-33)37(40)43-35-20-10-29(11-21-35)9-8-28-6-2-1-3-7-28/h1-4,6-7,10-11,16-25,32-33H,12-15H2. The number of allylic oxidation sites excluding steroid dienone is 1. The molecule has 0 aromatic heterocycles. The van der Waals surface area contributed by atoms with E-state index in [9.17, 15) is 14.4 Å². The van der Waals surface area contributed by atoms with Crippen LogP contribution in [0.2, 0.25) is 0 Å². The van der Waals surface area contributed by atoms with Gasteiger partial charge in [0.1, 0.15) is 29.3 Å². The van der Waals surface area contributed by atoms with Gasteiger partial charge in [-0.1, -0.05) is 54.3 Å². The van der Waals surface area contributed by atoms with Crippen molar-refractivity contribution in [3.05, 3.63) is 120 Å². The van der Waals surface area contributed by atoms with Crippen molar-refractivity contribution >= 4 is 17.9 Å². The van der Waals surface area contributed by atoms with Crippen LogP contribution in [0.1, 0.15) is 36.8 Å². The monoisotopic (exact) mass is 580 g/mol. The molecule has 4 aromatic carbocycles. The predicted octanol–water partition coefficient (Wildman–Crippen LogP) is 6.80. The van der Waals surface area contributed by atoms with Crippen LogP contribution in [0, 0.1) is 35.7 Å². The molecule has 0 unspecified atom stereocenters. The van der Waals surface area contributed by atoms with Crippen LogP contribution in [0.25, 0.3) is 11.1 Å². The number of hydrogen-bond donors (Lipinski definition) is 0. The fourth-order valence-electron chi connectivity index (χ4n) is 4.81. The van der Waals surface area contributed by atoms with Crippen molar-refractivity contribution in [2.24, 2.45) is 11.8 Å².